The highest BCUT2D eigenvalue weighted by Gasteiger charge is 2.48. The first-order valence-corrected chi connectivity index (χ1v) is 12.0. The fourth-order valence-electron chi connectivity index (χ4n) is 7.68. The highest BCUT2D eigenvalue weighted by molar-refractivity contribution is 5.78. The smallest absolute Gasteiger partial charge is 0.317 e. The fourth-order valence-corrected chi connectivity index (χ4v) is 7.68. The van der Waals surface area contributed by atoms with Gasteiger partial charge in [-0.2, -0.15) is 0 Å². The molecule has 5 aliphatic carbocycles. The monoisotopic (exact) mass is 387 g/mol. The lowest BCUT2D eigenvalue weighted by molar-refractivity contribution is -0.124. The van der Waals surface area contributed by atoms with Crippen molar-refractivity contribution in [2.24, 2.45) is 29.6 Å². The van der Waals surface area contributed by atoms with E-state index in [4.69, 9.17) is 0 Å². The molecule has 6 rings (SSSR count). The molecular weight excluding hydrogens is 350 g/mol. The van der Waals surface area contributed by atoms with Gasteiger partial charge in [-0.15, -0.1) is 0 Å². The van der Waals surface area contributed by atoms with E-state index in [1.807, 2.05) is 0 Å². The van der Waals surface area contributed by atoms with Gasteiger partial charge >= 0.3 is 6.03 Å². The molecule has 4 bridgehead atoms. The Labute approximate surface area is 169 Å². The third-order valence-electron chi connectivity index (χ3n) is 8.69. The van der Waals surface area contributed by atoms with Gasteiger partial charge in [-0.25, -0.2) is 4.79 Å². The first-order chi connectivity index (χ1) is 13.7. The van der Waals surface area contributed by atoms with E-state index in [1.165, 1.54) is 57.8 Å². The van der Waals surface area contributed by atoms with Gasteiger partial charge in [0.2, 0.25) is 5.91 Å². The van der Waals surface area contributed by atoms with Crippen LogP contribution < -0.4 is 10.6 Å². The van der Waals surface area contributed by atoms with E-state index in [0.29, 0.717) is 42.8 Å². The number of piperidine rings is 1. The molecule has 0 spiro atoms. The summed E-state index contributed by atoms with van der Waals surface area (Å²) in [6.07, 6.45) is 14.6. The van der Waals surface area contributed by atoms with Crippen LogP contribution in [0.3, 0.4) is 0 Å². The van der Waals surface area contributed by atoms with Crippen molar-refractivity contribution in [2.75, 3.05) is 13.1 Å². The Bertz CT molecular complexity index is 577. The van der Waals surface area contributed by atoms with Gasteiger partial charge in [0.15, 0.2) is 0 Å². The molecule has 1 aliphatic heterocycles. The van der Waals surface area contributed by atoms with Gasteiger partial charge in [-0.05, 0) is 87.4 Å². The highest BCUT2D eigenvalue weighted by atomic mass is 16.2. The largest absolute Gasteiger partial charge is 0.353 e. The predicted octanol–water partition coefficient (Wildman–Crippen LogP) is 3.68. The van der Waals surface area contributed by atoms with E-state index < -0.39 is 0 Å². The number of nitrogens with zero attached hydrogens (tertiary/aromatic N) is 1. The molecule has 2 N–H and O–H groups in total. The molecule has 2 unspecified atom stereocenters. The van der Waals surface area contributed by atoms with Crippen LogP contribution in [0.1, 0.15) is 77.0 Å². The third-order valence-corrected chi connectivity index (χ3v) is 8.69. The summed E-state index contributed by atoms with van der Waals surface area (Å²) in [6, 6.07) is 0.893. The van der Waals surface area contributed by atoms with Crippen molar-refractivity contribution >= 4 is 11.9 Å². The third kappa shape index (κ3) is 3.66. The minimum Gasteiger partial charge on any atom is -0.353 e. The number of hydrogen-bond acceptors (Lipinski definition) is 2. The summed E-state index contributed by atoms with van der Waals surface area (Å²) >= 11 is 0. The molecule has 6 aliphatic rings. The van der Waals surface area contributed by atoms with Crippen molar-refractivity contribution in [3.05, 3.63) is 0 Å². The number of amides is 3. The number of hydrogen-bond donors (Lipinski definition) is 2. The lowest BCUT2D eigenvalue weighted by Crippen LogP contribution is -2.56. The minimum absolute atomic E-state index is 0.0547. The van der Waals surface area contributed by atoms with Gasteiger partial charge < -0.3 is 15.5 Å². The van der Waals surface area contributed by atoms with E-state index in [2.05, 4.69) is 15.5 Å². The normalized spacial score (nSPS) is 41.4. The van der Waals surface area contributed by atoms with Crippen LogP contribution in [-0.4, -0.2) is 42.0 Å². The second kappa shape index (κ2) is 7.87. The quantitative estimate of drug-likeness (QED) is 0.773. The first-order valence-electron chi connectivity index (χ1n) is 12.0. The zero-order valence-electron chi connectivity index (χ0n) is 17.2. The van der Waals surface area contributed by atoms with Crippen LogP contribution in [0.4, 0.5) is 4.79 Å². The maximum absolute atomic E-state index is 12.7. The zero-order chi connectivity index (χ0) is 19.1. The lowest BCUT2D eigenvalue weighted by atomic mass is 9.54. The summed E-state index contributed by atoms with van der Waals surface area (Å²) in [6.45, 7) is 1.35. The van der Waals surface area contributed by atoms with Gasteiger partial charge in [0.1, 0.15) is 0 Å². The van der Waals surface area contributed by atoms with Crippen molar-refractivity contribution in [1.82, 2.24) is 15.5 Å². The summed E-state index contributed by atoms with van der Waals surface area (Å²) < 4.78 is 0. The maximum Gasteiger partial charge on any atom is 0.317 e. The molecule has 5 heteroatoms. The maximum atomic E-state index is 12.7. The Kier molecular flexibility index (Phi) is 5.27. The van der Waals surface area contributed by atoms with Crippen molar-refractivity contribution in [1.29, 1.82) is 0 Å². The van der Waals surface area contributed by atoms with Crippen LogP contribution in [0.5, 0.6) is 0 Å². The molecule has 0 aromatic heterocycles. The highest BCUT2D eigenvalue weighted by Crippen LogP contribution is 2.53. The molecule has 0 radical (unpaired) electrons. The van der Waals surface area contributed by atoms with Gasteiger partial charge in [0.25, 0.3) is 0 Å². The van der Waals surface area contributed by atoms with E-state index in [0.717, 1.165) is 31.2 Å². The van der Waals surface area contributed by atoms with Crippen molar-refractivity contribution < 1.29 is 9.59 Å². The fraction of sp³-hybridized carbons (Fsp3) is 0.913. The lowest BCUT2D eigenvalue weighted by Gasteiger charge is -2.54. The number of carbonyl (C=O) groups is 2. The number of fused-ring (bicyclic) bond motifs is 1. The molecule has 28 heavy (non-hydrogen) atoms. The Hall–Kier alpha value is -1.26. The Morgan fingerprint density at radius 2 is 1.50 bits per heavy atom. The summed E-state index contributed by atoms with van der Waals surface area (Å²) in [5.74, 6) is 4.13. The molecule has 0 aromatic rings. The summed E-state index contributed by atoms with van der Waals surface area (Å²) in [5.41, 5.74) is 0. The standard InChI is InChI=1S/C23H37N3O2/c27-21(25-22-18-11-15-10-16(13-18)14-19(22)12-15)7-8-24-23(28)26-9-3-5-17-4-1-2-6-20(17)26/h15-20,22H,1-14H2,(H,24,28)(H,25,27). The van der Waals surface area contributed by atoms with Crippen molar-refractivity contribution in [3.8, 4) is 0 Å². The Morgan fingerprint density at radius 1 is 0.821 bits per heavy atom. The van der Waals surface area contributed by atoms with Crippen LogP contribution >= 0.6 is 0 Å². The van der Waals surface area contributed by atoms with Gasteiger partial charge in [-0.3, -0.25) is 4.79 Å². The van der Waals surface area contributed by atoms with E-state index in [9.17, 15) is 9.59 Å². The van der Waals surface area contributed by atoms with Gasteiger partial charge in [0.05, 0.1) is 0 Å². The minimum atomic E-state index is 0.0547. The summed E-state index contributed by atoms with van der Waals surface area (Å²) in [5, 5.41) is 6.40. The van der Waals surface area contributed by atoms with Crippen molar-refractivity contribution in [3.63, 3.8) is 0 Å². The zero-order valence-corrected chi connectivity index (χ0v) is 17.2. The van der Waals surface area contributed by atoms with E-state index in [-0.39, 0.29) is 11.9 Å². The number of urea groups is 1. The van der Waals surface area contributed by atoms with Gasteiger partial charge in [0, 0.05) is 31.6 Å². The second-order valence-electron chi connectivity index (χ2n) is 10.5. The number of rotatable bonds is 4. The molecule has 156 valence electrons. The summed E-state index contributed by atoms with van der Waals surface area (Å²) in [7, 11) is 0. The first kappa shape index (κ1) is 18.7. The SMILES string of the molecule is O=C(CCNC(=O)N1CCCC2CCCCC21)NC1C2CC3CC(C2)CC1C3. The predicted molar refractivity (Wildman–Crippen MR) is 109 cm³/mol. The molecule has 0 aromatic carbocycles. The second-order valence-corrected chi connectivity index (χ2v) is 10.5. The number of nitrogens with one attached hydrogen (secondary N) is 2. The van der Waals surface area contributed by atoms with Crippen molar-refractivity contribution in [2.45, 2.75) is 89.1 Å². The molecule has 3 amide bonds. The molecule has 6 fully saturated rings. The van der Waals surface area contributed by atoms with Crippen LogP contribution in [0, 0.1) is 29.6 Å². The van der Waals surface area contributed by atoms with Gasteiger partial charge in [-0.1, -0.05) is 12.8 Å². The summed E-state index contributed by atoms with van der Waals surface area (Å²) in [4.78, 5) is 27.3. The molecule has 5 saturated carbocycles. The van der Waals surface area contributed by atoms with Crippen LogP contribution in [-0.2, 0) is 4.79 Å². The number of carbonyl (C=O) groups excluding carboxylic acids is 2. The molecular formula is C23H37N3O2. The Balaban J connectivity index is 1.07. The average molecular weight is 388 g/mol. The van der Waals surface area contributed by atoms with Crippen LogP contribution in [0.25, 0.3) is 0 Å². The Morgan fingerprint density at radius 3 is 2.25 bits per heavy atom. The molecule has 1 saturated heterocycles. The molecule has 1 heterocycles. The van der Waals surface area contributed by atoms with E-state index >= 15 is 0 Å². The molecule has 5 nitrogen and oxygen atoms in total. The topological polar surface area (TPSA) is 61.4 Å². The average Bonchev–Trinajstić information content (AvgIpc) is 2.69. The van der Waals surface area contributed by atoms with Crippen LogP contribution in [0.15, 0.2) is 0 Å². The number of likely N-dealkylation sites (tertiary alicyclic amines) is 1. The van der Waals surface area contributed by atoms with Crippen LogP contribution in [0.2, 0.25) is 0 Å². The molecule has 2 atom stereocenters. The van der Waals surface area contributed by atoms with E-state index in [1.54, 1.807) is 0 Å².